The van der Waals surface area contributed by atoms with E-state index in [1.165, 1.54) is 49.9 Å². The lowest BCUT2D eigenvalue weighted by Crippen LogP contribution is -2.48. The molecule has 5 nitrogen and oxygen atoms in total. The van der Waals surface area contributed by atoms with Crippen LogP contribution in [0.15, 0.2) is 5.38 Å². The number of rotatable bonds is 4. The summed E-state index contributed by atoms with van der Waals surface area (Å²) in [6, 6.07) is -0.00266. The lowest BCUT2D eigenvalue weighted by Gasteiger charge is -2.56. The fraction of sp³-hybridized carbons (Fsp3) is 0.737. The Bertz CT molecular complexity index is 649. The third kappa shape index (κ3) is 3.21. The Labute approximate surface area is 153 Å². The van der Waals surface area contributed by atoms with Crippen molar-refractivity contribution in [2.75, 3.05) is 5.32 Å². The molecule has 1 atom stereocenters. The third-order valence-corrected chi connectivity index (χ3v) is 7.26. The number of aromatic nitrogens is 1. The van der Waals surface area contributed by atoms with Crippen LogP contribution in [0.3, 0.4) is 0 Å². The Morgan fingerprint density at radius 3 is 2.36 bits per heavy atom. The van der Waals surface area contributed by atoms with Crippen LogP contribution in [0.4, 0.5) is 5.13 Å². The third-order valence-electron chi connectivity index (χ3n) is 6.50. The van der Waals surface area contributed by atoms with Crippen LogP contribution >= 0.6 is 11.3 Å². The summed E-state index contributed by atoms with van der Waals surface area (Å²) in [6.45, 7) is 3.86. The topological polar surface area (TPSA) is 71.1 Å². The number of nitrogens with zero attached hydrogens (tertiary/aromatic N) is 1. The Balaban J connectivity index is 1.44. The van der Waals surface area contributed by atoms with Gasteiger partial charge in [-0.2, -0.15) is 0 Å². The zero-order valence-corrected chi connectivity index (χ0v) is 15.8. The first-order valence-corrected chi connectivity index (χ1v) is 10.4. The van der Waals surface area contributed by atoms with Gasteiger partial charge in [-0.15, -0.1) is 11.3 Å². The van der Waals surface area contributed by atoms with E-state index in [0.29, 0.717) is 5.13 Å². The average Bonchev–Trinajstić information content (AvgIpc) is 3.02. The first kappa shape index (κ1) is 17.0. The molecule has 4 aliphatic rings. The molecule has 2 amide bonds. The first-order chi connectivity index (χ1) is 12.0. The van der Waals surface area contributed by atoms with Gasteiger partial charge in [0.1, 0.15) is 0 Å². The largest absolute Gasteiger partial charge is 0.345 e. The highest BCUT2D eigenvalue weighted by Gasteiger charge is 2.52. The summed E-state index contributed by atoms with van der Waals surface area (Å²) in [4.78, 5) is 28.7. The van der Waals surface area contributed by atoms with Crippen LogP contribution in [0.2, 0.25) is 0 Å². The maximum absolute atomic E-state index is 12.1. The second kappa shape index (κ2) is 6.38. The molecule has 5 rings (SSSR count). The van der Waals surface area contributed by atoms with Gasteiger partial charge >= 0.3 is 11.8 Å². The summed E-state index contributed by atoms with van der Waals surface area (Å²) in [5, 5.41) is 8.03. The second-order valence-corrected chi connectivity index (χ2v) is 9.33. The van der Waals surface area contributed by atoms with Gasteiger partial charge in [0, 0.05) is 16.8 Å². The van der Waals surface area contributed by atoms with Crippen molar-refractivity contribution >= 4 is 28.3 Å². The molecule has 0 radical (unpaired) electrons. The Hall–Kier alpha value is -1.43. The summed E-state index contributed by atoms with van der Waals surface area (Å²) in [5.74, 6) is 1.40. The van der Waals surface area contributed by atoms with Crippen LogP contribution in [0.1, 0.15) is 64.5 Å². The van der Waals surface area contributed by atoms with Gasteiger partial charge in [-0.1, -0.05) is 6.92 Å². The minimum absolute atomic E-state index is 0.00266. The number of thiazole rings is 1. The minimum Gasteiger partial charge on any atom is -0.345 e. The predicted molar refractivity (Wildman–Crippen MR) is 98.5 cm³/mol. The highest BCUT2D eigenvalue weighted by atomic mass is 32.1. The SMILES string of the molecule is CC[C@@H](C)NC(=O)C(=O)Nc1nc(C23CC4CC(CC(C4)C2)C3)cs1. The van der Waals surface area contributed by atoms with Crippen molar-refractivity contribution in [3.8, 4) is 0 Å². The molecule has 2 N–H and O–H groups in total. The molecule has 4 aliphatic carbocycles. The van der Waals surface area contributed by atoms with E-state index in [1.54, 1.807) is 0 Å². The van der Waals surface area contributed by atoms with Crippen LogP contribution in [-0.2, 0) is 15.0 Å². The van der Waals surface area contributed by atoms with Gasteiger partial charge in [-0.05, 0) is 69.6 Å². The number of amides is 2. The number of hydrogen-bond acceptors (Lipinski definition) is 4. The molecule has 0 aromatic carbocycles. The number of carbonyl (C=O) groups excluding carboxylic acids is 2. The van der Waals surface area contributed by atoms with Crippen LogP contribution in [0.25, 0.3) is 0 Å². The molecule has 0 aliphatic heterocycles. The van der Waals surface area contributed by atoms with Gasteiger partial charge in [0.2, 0.25) is 0 Å². The second-order valence-electron chi connectivity index (χ2n) is 8.47. The molecule has 6 heteroatoms. The van der Waals surface area contributed by atoms with E-state index in [-0.39, 0.29) is 11.5 Å². The van der Waals surface area contributed by atoms with Gasteiger partial charge < -0.3 is 5.32 Å². The summed E-state index contributed by atoms with van der Waals surface area (Å²) >= 11 is 1.45. The van der Waals surface area contributed by atoms with Gasteiger partial charge in [0.15, 0.2) is 5.13 Å². The maximum atomic E-state index is 12.1. The summed E-state index contributed by atoms with van der Waals surface area (Å²) in [6.07, 6.45) is 8.78. The summed E-state index contributed by atoms with van der Waals surface area (Å²) in [7, 11) is 0. The van der Waals surface area contributed by atoms with Crippen molar-refractivity contribution in [3.63, 3.8) is 0 Å². The molecule has 4 saturated carbocycles. The van der Waals surface area contributed by atoms with Gasteiger partial charge in [-0.25, -0.2) is 4.98 Å². The Morgan fingerprint density at radius 1 is 1.20 bits per heavy atom. The van der Waals surface area contributed by atoms with E-state index in [4.69, 9.17) is 4.98 Å². The van der Waals surface area contributed by atoms with Crippen molar-refractivity contribution in [1.82, 2.24) is 10.3 Å². The van der Waals surface area contributed by atoms with Crippen molar-refractivity contribution in [3.05, 3.63) is 11.1 Å². The monoisotopic (exact) mass is 361 g/mol. The number of carbonyl (C=O) groups is 2. The van der Waals surface area contributed by atoms with E-state index < -0.39 is 11.8 Å². The standard InChI is InChI=1S/C19H27N3O2S/c1-3-11(2)20-16(23)17(24)22-18-21-15(10-25-18)19-7-12-4-13(8-19)6-14(5-12)9-19/h10-14H,3-9H2,1-2H3,(H,20,23)(H,21,22,24)/t11-,12?,13?,14?,19?/m1/s1. The van der Waals surface area contributed by atoms with Crippen LogP contribution in [0.5, 0.6) is 0 Å². The highest BCUT2D eigenvalue weighted by molar-refractivity contribution is 7.14. The molecule has 0 unspecified atom stereocenters. The van der Waals surface area contributed by atoms with E-state index in [0.717, 1.165) is 29.9 Å². The van der Waals surface area contributed by atoms with Crippen molar-refractivity contribution < 1.29 is 9.59 Å². The van der Waals surface area contributed by atoms with Crippen LogP contribution < -0.4 is 10.6 Å². The molecule has 0 saturated heterocycles. The smallest absolute Gasteiger partial charge is 0.315 e. The fourth-order valence-corrected chi connectivity index (χ4v) is 6.37. The average molecular weight is 362 g/mol. The van der Waals surface area contributed by atoms with E-state index in [9.17, 15) is 9.59 Å². The van der Waals surface area contributed by atoms with Crippen molar-refractivity contribution in [1.29, 1.82) is 0 Å². The maximum Gasteiger partial charge on any atom is 0.315 e. The number of nitrogens with one attached hydrogen (secondary N) is 2. The molecule has 4 bridgehead atoms. The lowest BCUT2D eigenvalue weighted by atomic mass is 9.49. The van der Waals surface area contributed by atoms with E-state index >= 15 is 0 Å². The zero-order chi connectivity index (χ0) is 17.6. The quantitative estimate of drug-likeness (QED) is 0.807. The zero-order valence-electron chi connectivity index (χ0n) is 15.0. The molecule has 4 fully saturated rings. The van der Waals surface area contributed by atoms with Gasteiger partial charge in [-0.3, -0.25) is 14.9 Å². The van der Waals surface area contributed by atoms with Crippen LogP contribution in [-0.4, -0.2) is 22.8 Å². The van der Waals surface area contributed by atoms with Gasteiger partial charge in [0.25, 0.3) is 0 Å². The predicted octanol–water partition coefficient (Wildman–Crippen LogP) is 3.46. The number of hydrogen-bond donors (Lipinski definition) is 2. The molecule has 136 valence electrons. The Kier molecular flexibility index (Phi) is 4.34. The fourth-order valence-electron chi connectivity index (χ4n) is 5.54. The summed E-state index contributed by atoms with van der Waals surface area (Å²) < 4.78 is 0. The minimum atomic E-state index is -0.619. The normalized spacial score (nSPS) is 33.9. The highest BCUT2D eigenvalue weighted by Crippen LogP contribution is 2.60. The lowest BCUT2D eigenvalue weighted by molar-refractivity contribution is -0.136. The molecule has 1 aromatic heterocycles. The van der Waals surface area contributed by atoms with Crippen molar-refractivity contribution in [2.24, 2.45) is 17.8 Å². The molecular weight excluding hydrogens is 334 g/mol. The molecular formula is C19H27N3O2S. The number of anilines is 1. The molecule has 1 heterocycles. The summed E-state index contributed by atoms with van der Waals surface area (Å²) in [5.41, 5.74) is 1.38. The van der Waals surface area contributed by atoms with E-state index in [2.05, 4.69) is 16.0 Å². The van der Waals surface area contributed by atoms with E-state index in [1.807, 2.05) is 13.8 Å². The molecule has 25 heavy (non-hydrogen) atoms. The molecule has 1 aromatic rings. The van der Waals surface area contributed by atoms with Gasteiger partial charge in [0.05, 0.1) is 5.69 Å². The molecule has 0 spiro atoms. The first-order valence-electron chi connectivity index (χ1n) is 9.55. The Morgan fingerprint density at radius 2 is 1.80 bits per heavy atom. The van der Waals surface area contributed by atoms with Crippen molar-refractivity contribution in [2.45, 2.75) is 70.3 Å². The van der Waals surface area contributed by atoms with Crippen LogP contribution in [0, 0.1) is 17.8 Å².